The lowest BCUT2D eigenvalue weighted by Crippen LogP contribution is -2.22. The molecule has 17 heavy (non-hydrogen) atoms. The standard InChI is InChI=1S/C10H10BrF3O2S/c1-5(17(2,15)16)10(11)9-7(13)3-6(12)4-8(9)14/h3-5,10H,1-2H3. The van der Waals surface area contributed by atoms with E-state index in [-0.39, 0.29) is 0 Å². The van der Waals surface area contributed by atoms with Crippen LogP contribution in [0.4, 0.5) is 13.2 Å². The summed E-state index contributed by atoms with van der Waals surface area (Å²) in [6.07, 6.45) is 0.964. The van der Waals surface area contributed by atoms with Crippen molar-refractivity contribution in [2.75, 3.05) is 6.26 Å². The van der Waals surface area contributed by atoms with Crippen LogP contribution < -0.4 is 0 Å². The third-order valence-electron chi connectivity index (χ3n) is 2.41. The van der Waals surface area contributed by atoms with Gasteiger partial charge in [-0.25, -0.2) is 21.6 Å². The highest BCUT2D eigenvalue weighted by molar-refractivity contribution is 9.09. The van der Waals surface area contributed by atoms with Crippen LogP contribution in [0.1, 0.15) is 17.3 Å². The summed E-state index contributed by atoms with van der Waals surface area (Å²) in [4.78, 5) is -1.07. The summed E-state index contributed by atoms with van der Waals surface area (Å²) in [5, 5.41) is -1.03. The molecule has 0 aliphatic rings. The van der Waals surface area contributed by atoms with Gasteiger partial charge in [-0.15, -0.1) is 0 Å². The van der Waals surface area contributed by atoms with Crippen molar-refractivity contribution in [3.05, 3.63) is 35.1 Å². The van der Waals surface area contributed by atoms with Gasteiger partial charge in [-0.2, -0.15) is 0 Å². The van der Waals surface area contributed by atoms with E-state index in [1.165, 1.54) is 6.92 Å². The Morgan fingerprint density at radius 2 is 1.59 bits per heavy atom. The van der Waals surface area contributed by atoms with Crippen molar-refractivity contribution >= 4 is 25.8 Å². The van der Waals surface area contributed by atoms with E-state index < -0.39 is 42.9 Å². The topological polar surface area (TPSA) is 34.1 Å². The molecule has 0 N–H and O–H groups in total. The van der Waals surface area contributed by atoms with Crippen molar-refractivity contribution in [2.24, 2.45) is 0 Å². The summed E-state index contributed by atoms with van der Waals surface area (Å²) in [5.41, 5.74) is -0.482. The third-order valence-corrected chi connectivity index (χ3v) is 5.63. The lowest BCUT2D eigenvalue weighted by atomic mass is 10.1. The monoisotopic (exact) mass is 330 g/mol. The average Bonchev–Trinajstić information content (AvgIpc) is 2.13. The lowest BCUT2D eigenvalue weighted by molar-refractivity contribution is 0.519. The van der Waals surface area contributed by atoms with Crippen LogP contribution in [0.5, 0.6) is 0 Å². The predicted octanol–water partition coefficient (Wildman–Crippen LogP) is 2.97. The second kappa shape index (κ2) is 4.97. The molecule has 0 saturated carbocycles. The van der Waals surface area contributed by atoms with E-state index in [9.17, 15) is 21.6 Å². The molecular formula is C10H10BrF3O2S. The van der Waals surface area contributed by atoms with E-state index in [0.29, 0.717) is 12.1 Å². The first-order valence-electron chi connectivity index (χ1n) is 4.62. The second-order valence-corrected chi connectivity index (χ2v) is 7.11. The number of benzene rings is 1. The molecule has 1 aromatic rings. The molecule has 0 heterocycles. The Bertz CT molecular complexity index is 507. The Morgan fingerprint density at radius 1 is 1.18 bits per heavy atom. The van der Waals surface area contributed by atoms with Crippen molar-refractivity contribution in [1.29, 1.82) is 0 Å². The number of hydrogen-bond donors (Lipinski definition) is 0. The summed E-state index contributed by atoms with van der Waals surface area (Å²) < 4.78 is 62.1. The van der Waals surface area contributed by atoms with Gasteiger partial charge in [0, 0.05) is 24.0 Å². The molecule has 0 saturated heterocycles. The Hall–Kier alpha value is -0.560. The number of sulfone groups is 1. The quantitative estimate of drug-likeness (QED) is 0.798. The van der Waals surface area contributed by atoms with Crippen LogP contribution in [0.15, 0.2) is 12.1 Å². The fraction of sp³-hybridized carbons (Fsp3) is 0.400. The van der Waals surface area contributed by atoms with E-state index in [4.69, 9.17) is 0 Å². The minimum atomic E-state index is -3.47. The molecule has 7 heteroatoms. The molecule has 2 nitrogen and oxygen atoms in total. The zero-order valence-corrected chi connectivity index (χ0v) is 11.4. The Labute approximate surface area is 106 Å². The van der Waals surface area contributed by atoms with Gasteiger partial charge in [0.1, 0.15) is 17.5 Å². The van der Waals surface area contributed by atoms with Gasteiger partial charge in [0.2, 0.25) is 0 Å². The van der Waals surface area contributed by atoms with Crippen LogP contribution in [0, 0.1) is 17.5 Å². The van der Waals surface area contributed by atoms with Crippen molar-refractivity contribution in [3.63, 3.8) is 0 Å². The van der Waals surface area contributed by atoms with Crippen LogP contribution in [-0.2, 0) is 9.84 Å². The first kappa shape index (κ1) is 14.5. The molecule has 2 unspecified atom stereocenters. The Kier molecular flexibility index (Phi) is 4.24. The van der Waals surface area contributed by atoms with Crippen molar-refractivity contribution < 1.29 is 21.6 Å². The van der Waals surface area contributed by atoms with Crippen LogP contribution >= 0.6 is 15.9 Å². The maximum atomic E-state index is 13.4. The fourth-order valence-electron chi connectivity index (χ4n) is 1.27. The van der Waals surface area contributed by atoms with Gasteiger partial charge < -0.3 is 0 Å². The number of rotatable bonds is 3. The molecular weight excluding hydrogens is 321 g/mol. The Morgan fingerprint density at radius 3 is 1.94 bits per heavy atom. The normalized spacial score (nSPS) is 15.6. The maximum Gasteiger partial charge on any atom is 0.151 e. The first-order chi connectivity index (χ1) is 7.64. The van der Waals surface area contributed by atoms with Gasteiger partial charge in [-0.3, -0.25) is 0 Å². The number of halogens is 4. The highest BCUT2D eigenvalue weighted by Crippen LogP contribution is 2.34. The zero-order valence-electron chi connectivity index (χ0n) is 9.05. The van der Waals surface area contributed by atoms with Crippen LogP contribution in [0.2, 0.25) is 0 Å². The van der Waals surface area contributed by atoms with E-state index in [1.807, 2.05) is 0 Å². The summed E-state index contributed by atoms with van der Waals surface area (Å²) in [7, 11) is -3.47. The zero-order chi connectivity index (χ0) is 13.4. The molecule has 0 radical (unpaired) electrons. The summed E-state index contributed by atoms with van der Waals surface area (Å²) in [5.74, 6) is -3.27. The molecule has 0 spiro atoms. The summed E-state index contributed by atoms with van der Waals surface area (Å²) >= 11 is 2.93. The number of hydrogen-bond acceptors (Lipinski definition) is 2. The highest BCUT2D eigenvalue weighted by Gasteiger charge is 2.30. The molecule has 0 amide bonds. The largest absolute Gasteiger partial charge is 0.229 e. The molecule has 0 aromatic heterocycles. The highest BCUT2D eigenvalue weighted by atomic mass is 79.9. The van der Waals surface area contributed by atoms with Gasteiger partial charge in [-0.05, 0) is 6.92 Å². The van der Waals surface area contributed by atoms with Gasteiger partial charge in [0.05, 0.1) is 10.1 Å². The van der Waals surface area contributed by atoms with E-state index in [0.717, 1.165) is 6.26 Å². The van der Waals surface area contributed by atoms with Crippen molar-refractivity contribution in [1.82, 2.24) is 0 Å². The van der Waals surface area contributed by atoms with Gasteiger partial charge in [0.25, 0.3) is 0 Å². The predicted molar refractivity (Wildman–Crippen MR) is 62.3 cm³/mol. The minimum absolute atomic E-state index is 0.482. The second-order valence-electron chi connectivity index (χ2n) is 3.72. The van der Waals surface area contributed by atoms with Crippen molar-refractivity contribution in [3.8, 4) is 0 Å². The summed E-state index contributed by atoms with van der Waals surface area (Å²) in [6.45, 7) is 1.32. The van der Waals surface area contributed by atoms with E-state index in [2.05, 4.69) is 15.9 Å². The number of alkyl halides is 1. The molecule has 96 valence electrons. The fourth-order valence-corrected chi connectivity index (χ4v) is 3.45. The van der Waals surface area contributed by atoms with Crippen LogP contribution in [0.3, 0.4) is 0 Å². The average molecular weight is 331 g/mol. The smallest absolute Gasteiger partial charge is 0.151 e. The maximum absolute atomic E-state index is 13.4. The molecule has 2 atom stereocenters. The van der Waals surface area contributed by atoms with Crippen LogP contribution in [0.25, 0.3) is 0 Å². The Balaban J connectivity index is 3.26. The van der Waals surface area contributed by atoms with Crippen LogP contribution in [-0.4, -0.2) is 19.9 Å². The molecule has 0 aliphatic heterocycles. The summed E-state index contributed by atoms with van der Waals surface area (Å²) in [6, 6.07) is 1.03. The van der Waals surface area contributed by atoms with Gasteiger partial charge in [0.15, 0.2) is 9.84 Å². The van der Waals surface area contributed by atoms with Gasteiger partial charge >= 0.3 is 0 Å². The van der Waals surface area contributed by atoms with E-state index >= 15 is 0 Å². The van der Waals surface area contributed by atoms with E-state index in [1.54, 1.807) is 0 Å². The van der Waals surface area contributed by atoms with Gasteiger partial charge in [-0.1, -0.05) is 15.9 Å². The minimum Gasteiger partial charge on any atom is -0.229 e. The lowest BCUT2D eigenvalue weighted by Gasteiger charge is -2.18. The SMILES string of the molecule is CC(C(Br)c1c(F)cc(F)cc1F)S(C)(=O)=O. The third kappa shape index (κ3) is 3.22. The van der Waals surface area contributed by atoms with Crippen molar-refractivity contribution in [2.45, 2.75) is 17.0 Å². The molecule has 0 bridgehead atoms. The molecule has 0 fully saturated rings. The first-order valence-corrected chi connectivity index (χ1v) is 7.49. The molecule has 1 rings (SSSR count). The molecule has 0 aliphatic carbocycles. The molecule has 1 aromatic carbocycles.